The second-order valence-corrected chi connectivity index (χ2v) is 4.55. The number of rotatable bonds is 3. The Morgan fingerprint density at radius 2 is 1.90 bits per heavy atom. The summed E-state index contributed by atoms with van der Waals surface area (Å²) in [6.45, 7) is -0.811. The van der Waals surface area contributed by atoms with Crippen LogP contribution in [0, 0.1) is 11.6 Å². The molecule has 1 aliphatic rings. The lowest BCUT2D eigenvalue weighted by atomic mass is 10.1. The molecule has 0 aliphatic carbocycles. The SMILES string of the molecule is CN1CC(=O)N(CC(=O)c2cc(F)ccc2F)CC1=O. The van der Waals surface area contributed by atoms with Gasteiger partial charge in [-0.25, -0.2) is 8.78 Å². The van der Waals surface area contributed by atoms with E-state index in [1.807, 2.05) is 0 Å². The zero-order valence-electron chi connectivity index (χ0n) is 10.7. The fourth-order valence-electron chi connectivity index (χ4n) is 1.88. The first-order valence-corrected chi connectivity index (χ1v) is 5.88. The number of carbonyl (C=O) groups excluding carboxylic acids is 3. The highest BCUT2D eigenvalue weighted by atomic mass is 19.1. The van der Waals surface area contributed by atoms with Crippen molar-refractivity contribution in [3.63, 3.8) is 0 Å². The van der Waals surface area contributed by atoms with E-state index >= 15 is 0 Å². The predicted molar refractivity (Wildman–Crippen MR) is 64.9 cm³/mol. The molecule has 0 atom stereocenters. The summed E-state index contributed by atoms with van der Waals surface area (Å²) in [5.41, 5.74) is -0.427. The van der Waals surface area contributed by atoms with Crippen LogP contribution in [0.25, 0.3) is 0 Å². The summed E-state index contributed by atoms with van der Waals surface area (Å²) in [4.78, 5) is 37.3. The second kappa shape index (κ2) is 5.36. The van der Waals surface area contributed by atoms with Crippen LogP contribution in [0.5, 0.6) is 0 Å². The number of carbonyl (C=O) groups is 3. The summed E-state index contributed by atoms with van der Waals surface area (Å²) in [6, 6.07) is 2.52. The van der Waals surface area contributed by atoms with Crippen molar-refractivity contribution in [3.8, 4) is 0 Å². The van der Waals surface area contributed by atoms with Crippen LogP contribution in [-0.4, -0.2) is 54.1 Å². The maximum absolute atomic E-state index is 13.4. The maximum Gasteiger partial charge on any atom is 0.243 e. The van der Waals surface area contributed by atoms with Crippen molar-refractivity contribution in [3.05, 3.63) is 35.4 Å². The van der Waals surface area contributed by atoms with Gasteiger partial charge in [0, 0.05) is 7.05 Å². The minimum absolute atomic E-state index is 0.127. The van der Waals surface area contributed by atoms with Gasteiger partial charge in [-0.05, 0) is 18.2 Å². The number of nitrogens with zero attached hydrogens (tertiary/aromatic N) is 2. The first kappa shape index (κ1) is 14.1. The molecule has 0 aromatic heterocycles. The van der Waals surface area contributed by atoms with Crippen LogP contribution < -0.4 is 0 Å². The van der Waals surface area contributed by atoms with Gasteiger partial charge in [-0.1, -0.05) is 0 Å². The van der Waals surface area contributed by atoms with Crippen molar-refractivity contribution in [2.24, 2.45) is 0 Å². The van der Waals surface area contributed by atoms with Gasteiger partial charge in [-0.15, -0.1) is 0 Å². The van der Waals surface area contributed by atoms with Crippen molar-refractivity contribution in [1.29, 1.82) is 0 Å². The van der Waals surface area contributed by atoms with Gasteiger partial charge < -0.3 is 9.80 Å². The number of amides is 2. The lowest BCUT2D eigenvalue weighted by Crippen LogP contribution is -2.53. The highest BCUT2D eigenvalue weighted by Crippen LogP contribution is 2.12. The largest absolute Gasteiger partial charge is 0.335 e. The third-order valence-corrected chi connectivity index (χ3v) is 3.04. The number of hydrogen-bond acceptors (Lipinski definition) is 3. The Morgan fingerprint density at radius 3 is 2.60 bits per heavy atom. The van der Waals surface area contributed by atoms with Gasteiger partial charge >= 0.3 is 0 Å². The summed E-state index contributed by atoms with van der Waals surface area (Å²) in [6.07, 6.45) is 0. The van der Waals surface area contributed by atoms with E-state index in [4.69, 9.17) is 0 Å². The van der Waals surface area contributed by atoms with E-state index in [9.17, 15) is 23.2 Å². The Balaban J connectivity index is 2.13. The van der Waals surface area contributed by atoms with E-state index < -0.39 is 35.4 Å². The lowest BCUT2D eigenvalue weighted by molar-refractivity contribution is -0.148. The van der Waals surface area contributed by atoms with E-state index in [1.165, 1.54) is 11.9 Å². The van der Waals surface area contributed by atoms with Gasteiger partial charge in [0.1, 0.15) is 18.2 Å². The smallest absolute Gasteiger partial charge is 0.243 e. The molecule has 106 valence electrons. The van der Waals surface area contributed by atoms with Crippen LogP contribution in [0.1, 0.15) is 10.4 Å². The quantitative estimate of drug-likeness (QED) is 0.756. The van der Waals surface area contributed by atoms with E-state index in [-0.39, 0.29) is 19.0 Å². The minimum Gasteiger partial charge on any atom is -0.335 e. The van der Waals surface area contributed by atoms with Crippen molar-refractivity contribution >= 4 is 17.6 Å². The molecule has 1 aromatic carbocycles. The number of Topliss-reactive ketones (excluding diaryl/α,β-unsaturated/α-hetero) is 1. The summed E-state index contributed by atoms with van der Waals surface area (Å²) < 4.78 is 26.5. The molecule has 1 fully saturated rings. The molecular weight excluding hydrogens is 270 g/mol. The van der Waals surface area contributed by atoms with Crippen LogP contribution in [0.4, 0.5) is 8.78 Å². The molecule has 0 saturated carbocycles. The van der Waals surface area contributed by atoms with Gasteiger partial charge in [0.25, 0.3) is 0 Å². The van der Waals surface area contributed by atoms with Crippen LogP contribution in [-0.2, 0) is 9.59 Å². The third kappa shape index (κ3) is 2.81. The molecule has 1 aromatic rings. The third-order valence-electron chi connectivity index (χ3n) is 3.04. The minimum atomic E-state index is -0.857. The average molecular weight is 282 g/mol. The second-order valence-electron chi connectivity index (χ2n) is 4.55. The Kier molecular flexibility index (Phi) is 3.78. The van der Waals surface area contributed by atoms with E-state index in [1.54, 1.807) is 0 Å². The predicted octanol–water partition coefficient (Wildman–Crippen LogP) is 0.448. The fourth-order valence-corrected chi connectivity index (χ4v) is 1.88. The molecular formula is C13H12F2N2O3. The monoisotopic (exact) mass is 282 g/mol. The fraction of sp³-hybridized carbons (Fsp3) is 0.308. The Morgan fingerprint density at radius 1 is 1.20 bits per heavy atom. The zero-order valence-corrected chi connectivity index (χ0v) is 10.7. The van der Waals surface area contributed by atoms with Gasteiger partial charge in [0.15, 0.2) is 5.78 Å². The number of hydrogen-bond donors (Lipinski definition) is 0. The van der Waals surface area contributed by atoms with Gasteiger partial charge in [-0.3, -0.25) is 14.4 Å². The number of ketones is 1. The molecule has 0 spiro atoms. The molecule has 2 amide bonds. The van der Waals surface area contributed by atoms with Crippen LogP contribution in [0.3, 0.4) is 0 Å². The first-order chi connectivity index (χ1) is 9.38. The molecule has 0 bridgehead atoms. The van der Waals surface area contributed by atoms with Crippen LogP contribution in [0.15, 0.2) is 18.2 Å². The van der Waals surface area contributed by atoms with Crippen molar-refractivity contribution in [2.45, 2.75) is 0 Å². The van der Waals surface area contributed by atoms with Crippen molar-refractivity contribution in [2.75, 3.05) is 26.7 Å². The molecule has 1 heterocycles. The number of piperazine rings is 1. The van der Waals surface area contributed by atoms with Crippen LogP contribution in [0.2, 0.25) is 0 Å². The highest BCUT2D eigenvalue weighted by molar-refractivity contribution is 6.01. The summed E-state index contributed by atoms with van der Waals surface area (Å²) >= 11 is 0. The first-order valence-electron chi connectivity index (χ1n) is 5.88. The molecule has 0 unspecified atom stereocenters. The standard InChI is InChI=1S/C13H12F2N2O3/c1-16-6-13(20)17(7-12(16)19)5-11(18)9-4-8(14)2-3-10(9)15/h2-4H,5-7H2,1H3. The molecule has 7 heteroatoms. The van der Waals surface area contributed by atoms with Gasteiger partial charge in [-0.2, -0.15) is 0 Å². The van der Waals surface area contributed by atoms with E-state index in [2.05, 4.69) is 0 Å². The molecule has 1 saturated heterocycles. The van der Waals surface area contributed by atoms with Gasteiger partial charge in [0.2, 0.25) is 11.8 Å². The highest BCUT2D eigenvalue weighted by Gasteiger charge is 2.29. The number of likely N-dealkylation sites (N-methyl/N-ethyl adjacent to an activating group) is 1. The average Bonchev–Trinajstić information content (AvgIpc) is 2.38. The maximum atomic E-state index is 13.4. The molecule has 5 nitrogen and oxygen atoms in total. The van der Waals surface area contributed by atoms with Crippen molar-refractivity contribution < 1.29 is 23.2 Å². The molecule has 1 aliphatic heterocycles. The van der Waals surface area contributed by atoms with Crippen molar-refractivity contribution in [1.82, 2.24) is 9.80 Å². The zero-order chi connectivity index (χ0) is 14.9. The Hall–Kier alpha value is -2.31. The lowest BCUT2D eigenvalue weighted by Gasteiger charge is -2.31. The summed E-state index contributed by atoms with van der Waals surface area (Å²) in [5, 5.41) is 0. The van der Waals surface area contributed by atoms with E-state index in [0.717, 1.165) is 23.1 Å². The summed E-state index contributed by atoms with van der Waals surface area (Å²) in [5.74, 6) is -3.05. The molecule has 2 rings (SSSR count). The molecule has 0 radical (unpaired) electrons. The summed E-state index contributed by atoms with van der Waals surface area (Å²) in [7, 11) is 1.48. The Labute approximate surface area is 113 Å². The van der Waals surface area contributed by atoms with E-state index in [0.29, 0.717) is 0 Å². The van der Waals surface area contributed by atoms with Gasteiger partial charge in [0.05, 0.1) is 18.7 Å². The van der Waals surface area contributed by atoms with Crippen LogP contribution >= 0.6 is 0 Å². The topological polar surface area (TPSA) is 57.7 Å². The number of benzene rings is 1. The molecule has 20 heavy (non-hydrogen) atoms. The molecule has 0 N–H and O–H groups in total. The number of halogens is 2. The normalized spacial score (nSPS) is 15.8. The Bertz CT molecular complexity index is 589.